The van der Waals surface area contributed by atoms with Gasteiger partial charge in [0.05, 0.1) is 26.9 Å². The maximum Gasteiger partial charge on any atom is 0.373 e. The molecule has 0 aliphatic carbocycles. The van der Waals surface area contributed by atoms with Crippen LogP contribution in [-0.4, -0.2) is 66.7 Å². The lowest BCUT2D eigenvalue weighted by Gasteiger charge is -2.46. The normalized spacial score (nSPS) is 15.3. The Morgan fingerprint density at radius 3 is 1.91 bits per heavy atom. The van der Waals surface area contributed by atoms with Crippen molar-refractivity contribution in [1.29, 1.82) is 0 Å². The molecule has 2 atom stereocenters. The molecule has 0 unspecified atom stereocenters. The first kappa shape index (κ1) is 33.6. The van der Waals surface area contributed by atoms with Crippen molar-refractivity contribution in [3.8, 4) is 0 Å². The van der Waals surface area contributed by atoms with Crippen molar-refractivity contribution in [2.24, 2.45) is 0 Å². The summed E-state index contributed by atoms with van der Waals surface area (Å²) >= 11 is 0. The van der Waals surface area contributed by atoms with Crippen LogP contribution in [0.4, 0.5) is 0 Å². The molecule has 0 radical (unpaired) electrons. The third-order valence-electron chi connectivity index (χ3n) is 6.68. The summed E-state index contributed by atoms with van der Waals surface area (Å²) < 4.78 is 34.1. The van der Waals surface area contributed by atoms with E-state index >= 15 is 0 Å². The fourth-order valence-electron chi connectivity index (χ4n) is 4.82. The molecule has 0 aromatic carbocycles. The topological polar surface area (TPSA) is 89.5 Å². The van der Waals surface area contributed by atoms with Gasteiger partial charge in [-0.05, 0) is 36.4 Å². The van der Waals surface area contributed by atoms with Gasteiger partial charge in [0.2, 0.25) is 5.76 Å². The number of methoxy groups -OCH3 is 3. The summed E-state index contributed by atoms with van der Waals surface area (Å²) in [6, 6.07) is 0. The first-order valence-electron chi connectivity index (χ1n) is 12.7. The van der Waals surface area contributed by atoms with Gasteiger partial charge >= 0.3 is 11.9 Å². The third kappa shape index (κ3) is 9.86. The number of carbonyl (C=O) groups excluding carboxylic acids is 2. The van der Waals surface area contributed by atoms with E-state index in [1.807, 2.05) is 6.92 Å². The third-order valence-corrected chi connectivity index (χ3v) is 12.7. The number of rotatable bonds is 18. The van der Waals surface area contributed by atoms with Crippen molar-refractivity contribution >= 4 is 20.3 Å². The first-order chi connectivity index (χ1) is 16.4. The molecule has 35 heavy (non-hydrogen) atoms. The zero-order valence-corrected chi connectivity index (χ0v) is 24.9. The second-order valence-corrected chi connectivity index (χ2v) is 15.6. The minimum Gasteiger partial charge on any atom is -0.480 e. The molecule has 0 saturated heterocycles. The van der Waals surface area contributed by atoms with E-state index in [1.165, 1.54) is 14.2 Å². The van der Waals surface area contributed by atoms with Crippen LogP contribution < -0.4 is 0 Å². The highest BCUT2D eigenvalue weighted by atomic mass is 28.4. The Balaban J connectivity index is 6.37. The summed E-state index contributed by atoms with van der Waals surface area (Å²) in [7, 11) is 1.81. The number of esters is 2. The molecule has 0 fully saturated rings. The molecule has 0 N–H and O–H groups in total. The molecule has 0 amide bonds. The number of hydrogen-bond donors (Lipinski definition) is 0. The second kappa shape index (κ2) is 16.3. The molecule has 9 heteroatoms. The minimum absolute atomic E-state index is 0.0291. The molecule has 0 aliphatic rings. The zero-order valence-electron chi connectivity index (χ0n) is 23.9. The Hall–Kier alpha value is -1.42. The Kier molecular flexibility index (Phi) is 15.7. The van der Waals surface area contributed by atoms with Crippen LogP contribution in [-0.2, 0) is 37.7 Å². The van der Waals surface area contributed by atoms with Gasteiger partial charge in [-0.2, -0.15) is 0 Å². The summed E-state index contributed by atoms with van der Waals surface area (Å²) in [5, 5.41) is 0. The maximum atomic E-state index is 12.4. The summed E-state index contributed by atoms with van der Waals surface area (Å²) in [4.78, 5) is 24.4. The predicted molar refractivity (Wildman–Crippen MR) is 139 cm³/mol. The van der Waals surface area contributed by atoms with Gasteiger partial charge in [-0.3, -0.25) is 0 Å². The van der Waals surface area contributed by atoms with Crippen LogP contribution in [0.5, 0.6) is 0 Å². The molecule has 0 bridgehead atoms. The fraction of sp³-hybridized carbons (Fsp3) is 0.846. The van der Waals surface area contributed by atoms with Crippen molar-refractivity contribution in [3.05, 3.63) is 11.8 Å². The monoisotopic (exact) mass is 518 g/mol. The van der Waals surface area contributed by atoms with Gasteiger partial charge in [-0.1, -0.05) is 61.3 Å². The van der Waals surface area contributed by atoms with Crippen LogP contribution in [0, 0.1) is 0 Å². The van der Waals surface area contributed by atoms with E-state index in [2.05, 4.69) is 48.5 Å². The van der Waals surface area contributed by atoms with Gasteiger partial charge in [0.1, 0.15) is 18.5 Å². The lowest BCUT2D eigenvalue weighted by Crippen LogP contribution is -2.55. The van der Waals surface area contributed by atoms with Crippen LogP contribution in [0.2, 0.25) is 16.6 Å². The maximum absolute atomic E-state index is 12.4. The fourth-order valence-corrected chi connectivity index (χ4v) is 10.4. The van der Waals surface area contributed by atoms with Crippen LogP contribution >= 0.6 is 0 Å². The van der Waals surface area contributed by atoms with Crippen LogP contribution in [0.15, 0.2) is 11.8 Å². The van der Waals surface area contributed by atoms with Gasteiger partial charge in [-0.15, -0.1) is 0 Å². The number of carbonyl (C=O) groups is 2. The predicted octanol–water partition coefficient (Wildman–Crippen LogP) is 5.75. The van der Waals surface area contributed by atoms with Gasteiger partial charge in [0.15, 0.2) is 8.32 Å². The lowest BCUT2D eigenvalue weighted by atomic mass is 9.94. The van der Waals surface area contributed by atoms with E-state index in [0.29, 0.717) is 23.0 Å². The largest absolute Gasteiger partial charge is 0.480 e. The highest BCUT2D eigenvalue weighted by Crippen LogP contribution is 2.43. The van der Waals surface area contributed by atoms with E-state index in [1.54, 1.807) is 7.11 Å². The van der Waals surface area contributed by atoms with E-state index in [9.17, 15) is 9.59 Å². The first-order valence-corrected chi connectivity index (χ1v) is 14.8. The van der Waals surface area contributed by atoms with Crippen molar-refractivity contribution in [2.45, 2.75) is 109 Å². The van der Waals surface area contributed by atoms with Crippen molar-refractivity contribution < 1.29 is 37.7 Å². The lowest BCUT2D eigenvalue weighted by molar-refractivity contribution is -0.191. The molecule has 0 heterocycles. The summed E-state index contributed by atoms with van der Waals surface area (Å²) in [5.74, 6) is -1.70. The Bertz CT molecular complexity index is 640. The van der Waals surface area contributed by atoms with E-state index in [4.69, 9.17) is 28.1 Å². The summed E-state index contributed by atoms with van der Waals surface area (Å²) in [6.45, 7) is 17.7. The molecule has 0 rings (SSSR count). The quantitative estimate of drug-likeness (QED) is 0.0565. The standard InChI is InChI=1S/C26H50O8Si/c1-12-13-14-15-23(34-22(25(28)31-11)16-24(27)30-10)26(8,32-18-29-9)17-33-35(19(2)3,20(4)5)21(6)7/h16,19-21,23H,12-15,17-18H2,1-11H3/b22-16+/t23-,26-/m1/s1. The highest BCUT2D eigenvalue weighted by molar-refractivity contribution is 6.77. The molecule has 0 aromatic rings. The average molecular weight is 519 g/mol. The Morgan fingerprint density at radius 2 is 1.49 bits per heavy atom. The Labute approximate surface area is 214 Å². The Morgan fingerprint density at radius 1 is 0.914 bits per heavy atom. The molecule has 0 spiro atoms. The van der Waals surface area contributed by atoms with E-state index in [-0.39, 0.29) is 19.2 Å². The van der Waals surface area contributed by atoms with Crippen LogP contribution in [0.1, 0.15) is 81.1 Å². The van der Waals surface area contributed by atoms with E-state index in [0.717, 1.165) is 25.3 Å². The molecular formula is C26H50O8Si. The number of hydrogen-bond acceptors (Lipinski definition) is 8. The van der Waals surface area contributed by atoms with Crippen LogP contribution in [0.25, 0.3) is 0 Å². The summed E-state index contributed by atoms with van der Waals surface area (Å²) in [5.41, 5.74) is 0.208. The minimum atomic E-state index is -2.22. The van der Waals surface area contributed by atoms with Gasteiger partial charge in [0, 0.05) is 7.11 Å². The van der Waals surface area contributed by atoms with Gasteiger partial charge < -0.3 is 28.1 Å². The molecule has 206 valence electrons. The van der Waals surface area contributed by atoms with E-state index < -0.39 is 32.0 Å². The van der Waals surface area contributed by atoms with Crippen LogP contribution in [0.3, 0.4) is 0 Å². The van der Waals surface area contributed by atoms with Crippen molar-refractivity contribution in [3.63, 3.8) is 0 Å². The number of unbranched alkanes of at least 4 members (excludes halogenated alkanes) is 2. The molecule has 0 saturated carbocycles. The second-order valence-electron chi connectivity index (χ2n) is 10.1. The smallest absolute Gasteiger partial charge is 0.373 e. The van der Waals surface area contributed by atoms with Crippen molar-refractivity contribution in [2.75, 3.05) is 34.7 Å². The van der Waals surface area contributed by atoms with Gasteiger partial charge in [0.25, 0.3) is 0 Å². The molecule has 0 aromatic heterocycles. The number of ether oxygens (including phenoxy) is 5. The highest BCUT2D eigenvalue weighted by Gasteiger charge is 2.48. The SMILES string of the molecule is CCCCC[C@@H](O/C(=C/C(=O)OC)C(=O)OC)[C@@](C)(CO[Si](C(C)C)(C(C)C)C(C)C)OCOC. The molecule has 8 nitrogen and oxygen atoms in total. The van der Waals surface area contributed by atoms with Gasteiger partial charge in [-0.25, -0.2) is 9.59 Å². The zero-order chi connectivity index (χ0) is 27.2. The molecule has 0 aliphatic heterocycles. The molecular weight excluding hydrogens is 468 g/mol. The van der Waals surface area contributed by atoms with Crippen molar-refractivity contribution in [1.82, 2.24) is 0 Å². The average Bonchev–Trinajstić information content (AvgIpc) is 2.80. The summed E-state index contributed by atoms with van der Waals surface area (Å²) in [6.07, 6.45) is 3.85.